The second-order valence-corrected chi connectivity index (χ2v) is 10.0. The zero-order valence-corrected chi connectivity index (χ0v) is 19.8. The highest BCUT2D eigenvalue weighted by Gasteiger charge is 2.23. The molecule has 7 nitrogen and oxygen atoms in total. The van der Waals surface area contributed by atoms with E-state index < -0.39 is 10.0 Å². The Morgan fingerprint density at radius 3 is 2.48 bits per heavy atom. The van der Waals surface area contributed by atoms with Gasteiger partial charge in [0.05, 0.1) is 16.7 Å². The second-order valence-electron chi connectivity index (χ2n) is 7.11. The summed E-state index contributed by atoms with van der Waals surface area (Å²) in [5, 5.41) is 3.26. The lowest BCUT2D eigenvalue weighted by molar-refractivity contribution is 0.102. The number of hydrogen-bond donors (Lipinski definition) is 1. The zero-order chi connectivity index (χ0) is 22.6. The highest BCUT2D eigenvalue weighted by molar-refractivity contribution is 7.89. The van der Waals surface area contributed by atoms with Crippen LogP contribution in [0.3, 0.4) is 0 Å². The Morgan fingerprint density at radius 2 is 1.87 bits per heavy atom. The third-order valence-corrected chi connectivity index (χ3v) is 8.11. The van der Waals surface area contributed by atoms with E-state index >= 15 is 0 Å². The zero-order valence-electron chi connectivity index (χ0n) is 18.1. The largest absolute Gasteiger partial charge is 0.494 e. The lowest BCUT2D eigenvalue weighted by atomic mass is 10.2. The van der Waals surface area contributed by atoms with Gasteiger partial charge in [-0.1, -0.05) is 37.7 Å². The maximum absolute atomic E-state index is 12.8. The van der Waals surface area contributed by atoms with Crippen LogP contribution in [0.1, 0.15) is 42.6 Å². The fourth-order valence-corrected chi connectivity index (χ4v) is 5.64. The fraction of sp³-hybridized carbons (Fsp3) is 0.364. The molecule has 1 amide bonds. The molecule has 0 spiro atoms. The predicted molar refractivity (Wildman–Crippen MR) is 125 cm³/mol. The summed E-state index contributed by atoms with van der Waals surface area (Å²) in [5.41, 5.74) is 2.11. The molecule has 0 aliphatic heterocycles. The maximum Gasteiger partial charge on any atom is 0.257 e. The summed E-state index contributed by atoms with van der Waals surface area (Å²) in [5.74, 6) is 0.299. The Hall–Kier alpha value is -2.49. The summed E-state index contributed by atoms with van der Waals surface area (Å²) in [6, 6.07) is 9.80. The van der Waals surface area contributed by atoms with Crippen LogP contribution in [0.2, 0.25) is 0 Å². The topological polar surface area (TPSA) is 88.6 Å². The summed E-state index contributed by atoms with van der Waals surface area (Å²) < 4.78 is 33.4. The molecule has 0 radical (unpaired) electrons. The van der Waals surface area contributed by atoms with E-state index in [2.05, 4.69) is 10.3 Å². The number of nitrogens with one attached hydrogen (secondary N) is 1. The average molecular weight is 462 g/mol. The normalized spacial score (nSPS) is 11.8. The minimum absolute atomic E-state index is 0.183. The number of methoxy groups -OCH3 is 1. The lowest BCUT2D eigenvalue weighted by Crippen LogP contribution is -2.31. The van der Waals surface area contributed by atoms with Gasteiger partial charge in [-0.3, -0.25) is 10.1 Å². The molecule has 0 aliphatic rings. The molecule has 0 aliphatic carbocycles. The van der Waals surface area contributed by atoms with Crippen LogP contribution in [0.4, 0.5) is 5.13 Å². The Balaban J connectivity index is 1.79. The smallest absolute Gasteiger partial charge is 0.257 e. The molecule has 3 aromatic rings. The van der Waals surface area contributed by atoms with Crippen LogP contribution < -0.4 is 10.1 Å². The van der Waals surface area contributed by atoms with Gasteiger partial charge in [0.15, 0.2) is 5.13 Å². The van der Waals surface area contributed by atoms with Crippen molar-refractivity contribution in [3.05, 3.63) is 47.5 Å². The number of amides is 1. The lowest BCUT2D eigenvalue weighted by Gasteiger charge is -2.20. The van der Waals surface area contributed by atoms with Crippen molar-refractivity contribution in [1.82, 2.24) is 9.29 Å². The highest BCUT2D eigenvalue weighted by atomic mass is 32.2. The number of sulfonamides is 1. The molecule has 1 N–H and O–H groups in total. The number of rotatable bonds is 9. The third kappa shape index (κ3) is 4.89. The molecule has 0 saturated carbocycles. The molecule has 0 bridgehead atoms. The van der Waals surface area contributed by atoms with Crippen LogP contribution >= 0.6 is 11.3 Å². The summed E-state index contributed by atoms with van der Waals surface area (Å²) >= 11 is 1.37. The Labute approximate surface area is 187 Å². The number of carbonyl (C=O) groups is 1. The summed E-state index contributed by atoms with van der Waals surface area (Å²) in [6.45, 7) is 6.72. The second kappa shape index (κ2) is 9.76. The number of nitrogens with zero attached hydrogens (tertiary/aromatic N) is 2. The van der Waals surface area contributed by atoms with E-state index in [1.807, 2.05) is 32.9 Å². The van der Waals surface area contributed by atoms with E-state index in [0.717, 1.165) is 23.1 Å². The summed E-state index contributed by atoms with van der Waals surface area (Å²) in [7, 11) is -1.99. The minimum Gasteiger partial charge on any atom is -0.494 e. The van der Waals surface area contributed by atoms with E-state index in [1.165, 1.54) is 39.9 Å². The van der Waals surface area contributed by atoms with Crippen LogP contribution in [0, 0.1) is 6.92 Å². The summed E-state index contributed by atoms with van der Waals surface area (Å²) in [6.07, 6.45) is 1.72. The first-order chi connectivity index (χ1) is 14.8. The highest BCUT2D eigenvalue weighted by Crippen LogP contribution is 2.34. The van der Waals surface area contributed by atoms with Gasteiger partial charge in [-0.2, -0.15) is 4.31 Å². The number of thiazole rings is 1. The molecule has 1 heterocycles. The number of aromatic nitrogens is 1. The molecular weight excluding hydrogens is 434 g/mol. The number of benzene rings is 2. The maximum atomic E-state index is 12.8. The Kier molecular flexibility index (Phi) is 7.30. The molecule has 0 unspecified atom stereocenters. The molecule has 3 rings (SSSR count). The van der Waals surface area contributed by atoms with Crippen LogP contribution in [0.5, 0.6) is 5.75 Å². The number of unbranched alkanes of at least 4 members (excludes halogenated alkanes) is 1. The standard InChI is InChI=1S/C22H27N3O4S2/c1-5-7-14-25(6-2)31(27,28)17-11-9-16(10-12-17)21(26)24-22-23-19-18(29-4)13-8-15(3)20(19)30-22/h8-13H,5-7,14H2,1-4H3,(H,23,24,26). The van der Waals surface area contributed by atoms with Crippen molar-refractivity contribution in [1.29, 1.82) is 0 Å². The first kappa shape index (κ1) is 23.2. The van der Waals surface area contributed by atoms with Gasteiger partial charge in [-0.05, 0) is 49.2 Å². The third-order valence-electron chi connectivity index (χ3n) is 5.01. The first-order valence-electron chi connectivity index (χ1n) is 10.2. The Bertz CT molecular complexity index is 1170. The van der Waals surface area contributed by atoms with Crippen molar-refractivity contribution in [3.8, 4) is 5.75 Å². The van der Waals surface area contributed by atoms with Gasteiger partial charge in [-0.15, -0.1) is 0 Å². The van der Waals surface area contributed by atoms with E-state index in [4.69, 9.17) is 4.74 Å². The molecule has 2 aromatic carbocycles. The molecule has 166 valence electrons. The quantitative estimate of drug-likeness (QED) is 0.500. The number of anilines is 1. The van der Waals surface area contributed by atoms with Crippen LogP contribution in [0.25, 0.3) is 10.2 Å². The number of hydrogen-bond acceptors (Lipinski definition) is 6. The van der Waals surface area contributed by atoms with Gasteiger partial charge in [0.25, 0.3) is 5.91 Å². The monoisotopic (exact) mass is 461 g/mol. The van der Waals surface area contributed by atoms with Gasteiger partial charge in [-0.25, -0.2) is 13.4 Å². The number of fused-ring (bicyclic) bond motifs is 1. The van der Waals surface area contributed by atoms with Crippen molar-refractivity contribution in [2.45, 2.75) is 38.5 Å². The van der Waals surface area contributed by atoms with Crippen molar-refractivity contribution < 1.29 is 17.9 Å². The van der Waals surface area contributed by atoms with Crippen LogP contribution in [-0.2, 0) is 10.0 Å². The Morgan fingerprint density at radius 1 is 1.16 bits per heavy atom. The van der Waals surface area contributed by atoms with Gasteiger partial charge in [0, 0.05) is 18.7 Å². The first-order valence-corrected chi connectivity index (χ1v) is 12.4. The van der Waals surface area contributed by atoms with Gasteiger partial charge >= 0.3 is 0 Å². The van der Waals surface area contributed by atoms with E-state index in [0.29, 0.717) is 35.1 Å². The van der Waals surface area contributed by atoms with Crippen molar-refractivity contribution in [3.63, 3.8) is 0 Å². The van der Waals surface area contributed by atoms with Gasteiger partial charge in [0.2, 0.25) is 10.0 Å². The van der Waals surface area contributed by atoms with Crippen LogP contribution in [-0.4, -0.2) is 43.8 Å². The SMILES string of the molecule is CCCCN(CC)S(=O)(=O)c1ccc(C(=O)Nc2nc3c(OC)ccc(C)c3s2)cc1. The van der Waals surface area contributed by atoms with Crippen LogP contribution in [0.15, 0.2) is 41.3 Å². The molecule has 1 aromatic heterocycles. The van der Waals surface area contributed by atoms with E-state index in [9.17, 15) is 13.2 Å². The molecule has 0 saturated heterocycles. The molecule has 31 heavy (non-hydrogen) atoms. The number of aryl methyl sites for hydroxylation is 1. The summed E-state index contributed by atoms with van der Waals surface area (Å²) in [4.78, 5) is 17.4. The number of ether oxygens (including phenoxy) is 1. The van der Waals surface area contributed by atoms with E-state index in [1.54, 1.807) is 7.11 Å². The molecule has 9 heteroatoms. The van der Waals surface area contributed by atoms with Gasteiger partial charge < -0.3 is 4.74 Å². The fourth-order valence-electron chi connectivity index (χ4n) is 3.21. The van der Waals surface area contributed by atoms with Gasteiger partial charge in [0.1, 0.15) is 11.3 Å². The van der Waals surface area contributed by atoms with Crippen molar-refractivity contribution in [2.24, 2.45) is 0 Å². The van der Waals surface area contributed by atoms with Crippen molar-refractivity contribution >= 4 is 42.6 Å². The predicted octanol–water partition coefficient (Wildman–Crippen LogP) is 4.68. The molecule has 0 fully saturated rings. The molecular formula is C22H27N3O4S2. The molecule has 0 atom stereocenters. The van der Waals surface area contributed by atoms with E-state index in [-0.39, 0.29) is 10.8 Å². The minimum atomic E-state index is -3.58. The average Bonchev–Trinajstić information content (AvgIpc) is 3.19. The number of carbonyl (C=O) groups excluding carboxylic acids is 1. The van der Waals surface area contributed by atoms with Crippen molar-refractivity contribution in [2.75, 3.05) is 25.5 Å².